The van der Waals surface area contributed by atoms with Gasteiger partial charge in [-0.05, 0) is 42.8 Å². The van der Waals surface area contributed by atoms with Crippen LogP contribution in [-0.4, -0.2) is 59.1 Å². The Balaban J connectivity index is 1.55. The first-order valence-corrected chi connectivity index (χ1v) is 10.6. The van der Waals surface area contributed by atoms with Crippen LogP contribution in [0.3, 0.4) is 0 Å². The Labute approximate surface area is 195 Å². The summed E-state index contributed by atoms with van der Waals surface area (Å²) in [6.07, 6.45) is -4.74. The number of hydrogen-bond acceptors (Lipinski definition) is 6. The van der Waals surface area contributed by atoms with E-state index in [1.807, 2.05) is 17.0 Å². The summed E-state index contributed by atoms with van der Waals surface area (Å²) in [7, 11) is 0. The molecule has 0 bridgehead atoms. The lowest BCUT2D eigenvalue weighted by Crippen LogP contribution is -2.54. The molecule has 1 aliphatic heterocycles. The van der Waals surface area contributed by atoms with Crippen molar-refractivity contribution in [3.05, 3.63) is 64.7 Å². The highest BCUT2D eigenvalue weighted by Crippen LogP contribution is 2.33. The van der Waals surface area contributed by atoms with Gasteiger partial charge in [-0.1, -0.05) is 12.1 Å². The van der Waals surface area contributed by atoms with E-state index in [0.717, 1.165) is 18.2 Å². The molecule has 1 aliphatic rings. The lowest BCUT2D eigenvalue weighted by Gasteiger charge is -2.37. The maximum absolute atomic E-state index is 13.2. The van der Waals surface area contributed by atoms with Crippen molar-refractivity contribution in [2.45, 2.75) is 25.2 Å². The molecular formula is C24H24F3N5O2. The first kappa shape index (κ1) is 25.2. The molecular weight excluding hydrogens is 447 g/mol. The summed E-state index contributed by atoms with van der Waals surface area (Å²) in [6.45, 7) is 4.69. The lowest BCUT2D eigenvalue weighted by molar-refractivity contribution is -0.138. The summed E-state index contributed by atoms with van der Waals surface area (Å²) in [4.78, 5) is 16.8. The maximum atomic E-state index is 13.2. The molecule has 3 rings (SSSR count). The molecule has 7 nitrogen and oxygen atoms in total. The van der Waals surface area contributed by atoms with Crippen LogP contribution < -0.4 is 5.32 Å². The predicted molar refractivity (Wildman–Crippen MR) is 118 cm³/mol. The molecule has 178 valence electrons. The highest BCUT2D eigenvalue weighted by Gasteiger charge is 2.36. The molecule has 10 heteroatoms. The molecule has 2 aromatic carbocycles. The van der Waals surface area contributed by atoms with Gasteiger partial charge in [-0.15, -0.1) is 0 Å². The van der Waals surface area contributed by atoms with Crippen LogP contribution in [0.4, 0.5) is 18.9 Å². The fourth-order valence-electron chi connectivity index (χ4n) is 3.78. The Morgan fingerprint density at radius 1 is 1.03 bits per heavy atom. The largest absolute Gasteiger partial charge is 0.417 e. The van der Waals surface area contributed by atoms with Gasteiger partial charge in [-0.25, -0.2) is 0 Å². The topological polar surface area (TPSA) is 103 Å². The van der Waals surface area contributed by atoms with Crippen molar-refractivity contribution in [2.24, 2.45) is 0 Å². The molecule has 34 heavy (non-hydrogen) atoms. The van der Waals surface area contributed by atoms with Crippen LogP contribution in [0.2, 0.25) is 0 Å². The van der Waals surface area contributed by atoms with Crippen molar-refractivity contribution >= 4 is 11.6 Å². The number of rotatable bonds is 6. The highest BCUT2D eigenvalue weighted by molar-refractivity contribution is 5.97. The van der Waals surface area contributed by atoms with E-state index in [9.17, 15) is 23.1 Å². The summed E-state index contributed by atoms with van der Waals surface area (Å²) < 4.78 is 39.5. The SMILES string of the molecule is CC(O)(CN1CCN(Cc2ccc(C#N)cc2)CC1)C(=O)Nc1ccc(C#N)c(C(F)(F)F)c1. The van der Waals surface area contributed by atoms with Gasteiger partial charge in [-0.3, -0.25) is 14.6 Å². The zero-order chi connectivity index (χ0) is 24.9. The fraction of sp³-hybridized carbons (Fsp3) is 0.375. The smallest absolute Gasteiger partial charge is 0.379 e. The molecule has 2 N–H and O–H groups in total. The average Bonchev–Trinajstić information content (AvgIpc) is 2.80. The van der Waals surface area contributed by atoms with E-state index in [-0.39, 0.29) is 12.2 Å². The Morgan fingerprint density at radius 3 is 2.21 bits per heavy atom. The quantitative estimate of drug-likeness (QED) is 0.672. The summed E-state index contributed by atoms with van der Waals surface area (Å²) in [6, 6.07) is 13.8. The molecule has 0 saturated carbocycles. The van der Waals surface area contributed by atoms with Crippen molar-refractivity contribution in [3.8, 4) is 12.1 Å². The van der Waals surface area contributed by atoms with Crippen LogP contribution in [0.15, 0.2) is 42.5 Å². The van der Waals surface area contributed by atoms with Gasteiger partial charge >= 0.3 is 6.18 Å². The minimum atomic E-state index is -4.74. The van der Waals surface area contributed by atoms with Crippen LogP contribution >= 0.6 is 0 Å². The van der Waals surface area contributed by atoms with E-state index in [4.69, 9.17) is 10.5 Å². The predicted octanol–water partition coefficient (Wildman–Crippen LogP) is 2.96. The van der Waals surface area contributed by atoms with Gasteiger partial charge in [0.1, 0.15) is 0 Å². The summed E-state index contributed by atoms with van der Waals surface area (Å²) >= 11 is 0. The van der Waals surface area contributed by atoms with E-state index >= 15 is 0 Å². The summed E-state index contributed by atoms with van der Waals surface area (Å²) in [5, 5.41) is 30.8. The van der Waals surface area contributed by atoms with Crippen molar-refractivity contribution < 1.29 is 23.1 Å². The zero-order valence-electron chi connectivity index (χ0n) is 18.6. The fourth-order valence-corrected chi connectivity index (χ4v) is 3.78. The zero-order valence-corrected chi connectivity index (χ0v) is 18.6. The van der Waals surface area contributed by atoms with Crippen LogP contribution in [0.25, 0.3) is 0 Å². The monoisotopic (exact) mass is 471 g/mol. The standard InChI is InChI=1S/C24H24F3N5O2/c1-23(34,22(33)30-20-7-6-19(14-29)21(12-20)24(25,26)27)16-32-10-8-31(9-11-32)15-18-4-2-17(13-28)3-5-18/h2-7,12,34H,8-11,15-16H2,1H3,(H,30,33). The van der Waals surface area contributed by atoms with Crippen molar-refractivity contribution in [2.75, 3.05) is 38.0 Å². The number of amides is 1. The third-order valence-electron chi connectivity index (χ3n) is 5.68. The van der Waals surface area contributed by atoms with Gasteiger partial charge in [0.05, 0.1) is 28.8 Å². The Morgan fingerprint density at radius 2 is 1.65 bits per heavy atom. The van der Waals surface area contributed by atoms with Gasteiger partial charge in [0.2, 0.25) is 0 Å². The van der Waals surface area contributed by atoms with Gasteiger partial charge in [0, 0.05) is 45.0 Å². The molecule has 0 aromatic heterocycles. The van der Waals surface area contributed by atoms with Crippen LogP contribution in [0.5, 0.6) is 0 Å². The number of carbonyl (C=O) groups is 1. The van der Waals surface area contributed by atoms with E-state index in [2.05, 4.69) is 16.3 Å². The number of piperazine rings is 1. The molecule has 2 aromatic rings. The maximum Gasteiger partial charge on any atom is 0.417 e. The second kappa shape index (κ2) is 10.2. The number of β-amino-alcohol motifs (C(OH)–C–C–N with tert-alkyl or cyclic N) is 1. The van der Waals surface area contributed by atoms with E-state index in [1.54, 1.807) is 12.1 Å². The summed E-state index contributed by atoms with van der Waals surface area (Å²) in [5.41, 5.74) is -1.99. The van der Waals surface area contributed by atoms with Crippen LogP contribution in [0.1, 0.15) is 29.2 Å². The molecule has 1 atom stereocenters. The second-order valence-corrected chi connectivity index (χ2v) is 8.46. The Bertz CT molecular complexity index is 1110. The van der Waals surface area contributed by atoms with Crippen molar-refractivity contribution in [3.63, 3.8) is 0 Å². The minimum absolute atomic E-state index is 0.0198. The molecule has 0 radical (unpaired) electrons. The number of halogens is 3. The number of carbonyl (C=O) groups excluding carboxylic acids is 1. The molecule has 1 amide bonds. The molecule has 1 saturated heterocycles. The first-order valence-electron chi connectivity index (χ1n) is 10.6. The number of aliphatic hydroxyl groups is 1. The first-order chi connectivity index (χ1) is 16.0. The third-order valence-corrected chi connectivity index (χ3v) is 5.68. The normalized spacial score (nSPS) is 16.8. The third kappa shape index (κ3) is 6.33. The molecule has 0 aliphatic carbocycles. The number of nitriles is 2. The number of hydrogen-bond donors (Lipinski definition) is 2. The second-order valence-electron chi connectivity index (χ2n) is 8.46. The van der Waals surface area contributed by atoms with Gasteiger partial charge in [0.15, 0.2) is 5.60 Å². The lowest BCUT2D eigenvalue weighted by atomic mass is 10.0. The molecule has 0 spiro atoms. The number of alkyl halides is 3. The van der Waals surface area contributed by atoms with Gasteiger partial charge in [-0.2, -0.15) is 23.7 Å². The van der Waals surface area contributed by atoms with Crippen molar-refractivity contribution in [1.82, 2.24) is 9.80 Å². The van der Waals surface area contributed by atoms with Crippen molar-refractivity contribution in [1.29, 1.82) is 10.5 Å². The van der Waals surface area contributed by atoms with E-state index in [0.29, 0.717) is 37.8 Å². The highest BCUT2D eigenvalue weighted by atomic mass is 19.4. The number of benzene rings is 2. The molecule has 1 unspecified atom stereocenters. The van der Waals surface area contributed by atoms with Gasteiger partial charge in [0.25, 0.3) is 5.91 Å². The molecule has 1 fully saturated rings. The van der Waals surface area contributed by atoms with E-state index < -0.39 is 28.8 Å². The average molecular weight is 471 g/mol. The van der Waals surface area contributed by atoms with Gasteiger partial charge < -0.3 is 10.4 Å². The number of nitrogens with one attached hydrogen (secondary N) is 1. The van der Waals surface area contributed by atoms with Crippen LogP contribution in [0, 0.1) is 22.7 Å². The number of anilines is 1. The van der Waals surface area contributed by atoms with Crippen LogP contribution in [-0.2, 0) is 17.5 Å². The summed E-state index contributed by atoms with van der Waals surface area (Å²) in [5.74, 6) is -0.828. The Hall–Kier alpha value is -3.44. The minimum Gasteiger partial charge on any atom is -0.379 e. The number of nitrogens with zero attached hydrogens (tertiary/aromatic N) is 4. The Kier molecular flexibility index (Phi) is 7.57. The molecule has 1 heterocycles. The van der Waals surface area contributed by atoms with E-state index in [1.165, 1.54) is 19.1 Å².